The van der Waals surface area contributed by atoms with E-state index >= 15 is 0 Å². The van der Waals surface area contributed by atoms with Crippen molar-refractivity contribution in [3.63, 3.8) is 0 Å². The van der Waals surface area contributed by atoms with Crippen LogP contribution in [0.3, 0.4) is 0 Å². The predicted octanol–water partition coefficient (Wildman–Crippen LogP) is 3.18. The van der Waals surface area contributed by atoms with E-state index in [0.717, 1.165) is 19.9 Å². The van der Waals surface area contributed by atoms with Crippen LogP contribution in [-0.4, -0.2) is 15.3 Å². The van der Waals surface area contributed by atoms with Crippen molar-refractivity contribution in [2.75, 3.05) is 5.32 Å². The molecular weight excluding hydrogens is 373 g/mol. The van der Waals surface area contributed by atoms with Crippen LogP contribution < -0.4 is 5.32 Å². The van der Waals surface area contributed by atoms with E-state index in [1.54, 1.807) is 11.3 Å². The second-order valence-electron chi connectivity index (χ2n) is 4.06. The zero-order chi connectivity index (χ0) is 13.2. The lowest BCUT2D eigenvalue weighted by Crippen LogP contribution is -2.14. The average molecular weight is 383 g/mol. The summed E-state index contributed by atoms with van der Waals surface area (Å²) in [5.41, 5.74) is 1.60. The predicted molar refractivity (Wildman–Crippen MR) is 84.6 cm³/mol. The van der Waals surface area contributed by atoms with Gasteiger partial charge in [-0.05, 0) is 46.9 Å². The van der Waals surface area contributed by atoms with Crippen LogP contribution in [0, 0.1) is 3.57 Å². The van der Waals surface area contributed by atoms with Gasteiger partial charge in [0.1, 0.15) is 0 Å². The maximum absolute atomic E-state index is 11.9. The first-order chi connectivity index (χ1) is 9.20. The van der Waals surface area contributed by atoms with Crippen molar-refractivity contribution in [1.29, 1.82) is 0 Å². The fourth-order valence-electron chi connectivity index (χ4n) is 1.76. The molecule has 1 amide bonds. The highest BCUT2D eigenvalue weighted by atomic mass is 127. The number of halogens is 1. The molecule has 3 aromatic rings. The Bertz CT molecular complexity index is 688. The van der Waals surface area contributed by atoms with Gasteiger partial charge in [-0.2, -0.15) is 0 Å². The molecule has 96 valence electrons. The molecule has 0 aliphatic rings. The number of fused-ring (bicyclic) bond motifs is 1. The van der Waals surface area contributed by atoms with E-state index in [9.17, 15) is 4.79 Å². The van der Waals surface area contributed by atoms with E-state index < -0.39 is 0 Å². The summed E-state index contributed by atoms with van der Waals surface area (Å²) in [7, 11) is 0. The van der Waals surface area contributed by atoms with Crippen LogP contribution in [0.5, 0.6) is 0 Å². The van der Waals surface area contributed by atoms with Crippen LogP contribution in [0.4, 0.5) is 5.69 Å². The van der Waals surface area contributed by atoms with E-state index in [1.807, 2.05) is 46.4 Å². The molecule has 0 radical (unpaired) electrons. The molecule has 1 aromatic carbocycles. The number of anilines is 1. The molecule has 0 saturated carbocycles. The fourth-order valence-corrected chi connectivity index (χ4v) is 2.84. The number of aromatic nitrogens is 2. The Morgan fingerprint density at radius 2 is 2.16 bits per heavy atom. The molecule has 0 saturated heterocycles. The van der Waals surface area contributed by atoms with Crippen molar-refractivity contribution in [2.24, 2.45) is 0 Å². The van der Waals surface area contributed by atoms with Crippen molar-refractivity contribution in [2.45, 2.75) is 6.42 Å². The van der Waals surface area contributed by atoms with Gasteiger partial charge in [-0.1, -0.05) is 0 Å². The second kappa shape index (κ2) is 5.30. The quantitative estimate of drug-likeness (QED) is 0.707. The number of hydrogen-bond donors (Lipinski definition) is 1. The summed E-state index contributed by atoms with van der Waals surface area (Å²) >= 11 is 3.79. The molecule has 2 aromatic heterocycles. The van der Waals surface area contributed by atoms with Gasteiger partial charge in [-0.25, -0.2) is 4.98 Å². The van der Waals surface area contributed by atoms with E-state index in [4.69, 9.17) is 0 Å². The molecule has 0 bridgehead atoms. The number of carbonyl (C=O) groups is 1. The van der Waals surface area contributed by atoms with Crippen LogP contribution in [0.2, 0.25) is 0 Å². The third-order valence-corrected chi connectivity index (χ3v) is 4.10. The van der Waals surface area contributed by atoms with E-state index in [0.29, 0.717) is 6.42 Å². The van der Waals surface area contributed by atoms with Gasteiger partial charge in [0.2, 0.25) is 5.91 Å². The molecule has 2 heterocycles. The number of thiazole rings is 1. The smallest absolute Gasteiger partial charge is 0.230 e. The second-order valence-corrected chi connectivity index (χ2v) is 6.18. The van der Waals surface area contributed by atoms with Crippen molar-refractivity contribution >= 4 is 50.5 Å². The van der Waals surface area contributed by atoms with Crippen molar-refractivity contribution < 1.29 is 4.79 Å². The maximum Gasteiger partial charge on any atom is 0.230 e. The van der Waals surface area contributed by atoms with E-state index in [1.165, 1.54) is 0 Å². The highest BCUT2D eigenvalue weighted by molar-refractivity contribution is 14.1. The minimum Gasteiger partial charge on any atom is -0.326 e. The summed E-state index contributed by atoms with van der Waals surface area (Å²) in [6.07, 6.45) is 4.12. The van der Waals surface area contributed by atoms with Crippen LogP contribution >= 0.6 is 33.9 Å². The lowest BCUT2D eigenvalue weighted by molar-refractivity contribution is -0.115. The van der Waals surface area contributed by atoms with E-state index in [2.05, 4.69) is 32.9 Å². The first kappa shape index (κ1) is 12.6. The van der Waals surface area contributed by atoms with Gasteiger partial charge in [-0.15, -0.1) is 11.3 Å². The molecule has 19 heavy (non-hydrogen) atoms. The van der Waals surface area contributed by atoms with Crippen LogP contribution in [0.25, 0.3) is 4.96 Å². The molecule has 3 rings (SSSR count). The highest BCUT2D eigenvalue weighted by Crippen LogP contribution is 2.14. The van der Waals surface area contributed by atoms with Crippen LogP contribution in [-0.2, 0) is 11.2 Å². The Morgan fingerprint density at radius 1 is 1.37 bits per heavy atom. The number of nitrogens with one attached hydrogen (secondary N) is 1. The van der Waals surface area contributed by atoms with Crippen molar-refractivity contribution in [3.05, 3.63) is 51.3 Å². The molecule has 0 unspecified atom stereocenters. The van der Waals surface area contributed by atoms with Gasteiger partial charge < -0.3 is 5.32 Å². The van der Waals surface area contributed by atoms with Gasteiger partial charge in [-0.3, -0.25) is 9.20 Å². The third-order valence-electron chi connectivity index (χ3n) is 2.61. The number of rotatable bonds is 3. The Balaban J connectivity index is 1.68. The summed E-state index contributed by atoms with van der Waals surface area (Å²) in [4.78, 5) is 17.2. The summed E-state index contributed by atoms with van der Waals surface area (Å²) in [5, 5.41) is 4.84. The van der Waals surface area contributed by atoms with Crippen molar-refractivity contribution in [3.8, 4) is 0 Å². The molecule has 0 atom stereocenters. The standard InChI is InChI=1S/C13H10IN3OS/c14-9-1-3-10(4-2-9)15-12(18)7-11-8-17-5-6-19-13(17)16-11/h1-6,8H,7H2,(H,15,18). The minimum absolute atomic E-state index is 0.0491. The molecule has 4 nitrogen and oxygen atoms in total. The number of hydrogen-bond acceptors (Lipinski definition) is 3. The number of benzene rings is 1. The Kier molecular flexibility index (Phi) is 3.52. The molecular formula is C13H10IN3OS. The molecule has 6 heteroatoms. The Hall–Kier alpha value is -1.41. The summed E-state index contributed by atoms with van der Waals surface area (Å²) in [5.74, 6) is -0.0491. The zero-order valence-corrected chi connectivity index (χ0v) is 12.8. The molecule has 1 N–H and O–H groups in total. The number of imidazole rings is 1. The molecule has 0 aliphatic carbocycles. The minimum atomic E-state index is -0.0491. The normalized spacial score (nSPS) is 10.8. The molecule has 0 aliphatic heterocycles. The monoisotopic (exact) mass is 383 g/mol. The van der Waals surface area contributed by atoms with Gasteiger partial charge >= 0.3 is 0 Å². The van der Waals surface area contributed by atoms with Gasteiger partial charge in [0.05, 0.1) is 12.1 Å². The first-order valence-electron chi connectivity index (χ1n) is 5.67. The largest absolute Gasteiger partial charge is 0.326 e. The lowest BCUT2D eigenvalue weighted by Gasteiger charge is -2.03. The van der Waals surface area contributed by atoms with Crippen molar-refractivity contribution in [1.82, 2.24) is 9.38 Å². The molecule has 0 fully saturated rings. The lowest BCUT2D eigenvalue weighted by atomic mass is 10.3. The summed E-state index contributed by atoms with van der Waals surface area (Å²) < 4.78 is 3.07. The van der Waals surface area contributed by atoms with E-state index in [-0.39, 0.29) is 5.91 Å². The number of nitrogens with zero attached hydrogens (tertiary/aromatic N) is 2. The van der Waals surface area contributed by atoms with Gasteiger partial charge in [0.15, 0.2) is 4.96 Å². The topological polar surface area (TPSA) is 46.4 Å². The zero-order valence-electron chi connectivity index (χ0n) is 9.84. The Labute approximate surface area is 127 Å². The number of carbonyl (C=O) groups excluding carboxylic acids is 1. The highest BCUT2D eigenvalue weighted by Gasteiger charge is 2.08. The SMILES string of the molecule is O=C(Cc1cn2ccsc2n1)Nc1ccc(I)cc1. The van der Waals surface area contributed by atoms with Crippen LogP contribution in [0.1, 0.15) is 5.69 Å². The number of amides is 1. The van der Waals surface area contributed by atoms with Gasteiger partial charge in [0, 0.05) is 27.0 Å². The van der Waals surface area contributed by atoms with Gasteiger partial charge in [0.25, 0.3) is 0 Å². The fraction of sp³-hybridized carbons (Fsp3) is 0.0769. The summed E-state index contributed by atoms with van der Waals surface area (Å²) in [6.45, 7) is 0. The summed E-state index contributed by atoms with van der Waals surface area (Å²) in [6, 6.07) is 7.71. The van der Waals surface area contributed by atoms with Crippen LogP contribution in [0.15, 0.2) is 42.0 Å². The average Bonchev–Trinajstić information content (AvgIpc) is 2.92. The Morgan fingerprint density at radius 3 is 2.89 bits per heavy atom. The first-order valence-corrected chi connectivity index (χ1v) is 7.63. The third kappa shape index (κ3) is 2.95. The molecule has 0 spiro atoms. The maximum atomic E-state index is 11.9.